The van der Waals surface area contributed by atoms with Crippen LogP contribution in [0, 0.1) is 0 Å². The van der Waals surface area contributed by atoms with Crippen LogP contribution >= 0.6 is 0 Å². The molecule has 1 heterocycles. The Balaban J connectivity index is 1.56. The number of nitrogens with zero attached hydrogens (tertiary/aromatic N) is 1. The van der Waals surface area contributed by atoms with Crippen molar-refractivity contribution in [3.05, 3.63) is 78.5 Å². The Bertz CT molecular complexity index is 972. The maximum atomic E-state index is 11.7. The maximum absolute atomic E-state index is 11.7. The predicted octanol–water partition coefficient (Wildman–Crippen LogP) is 5.53. The van der Waals surface area contributed by atoms with Gasteiger partial charge in [0.15, 0.2) is 11.6 Å². The number of aryl methyl sites for hydroxylation is 1. The summed E-state index contributed by atoms with van der Waals surface area (Å²) in [6.45, 7) is 9.76. The Hall–Kier alpha value is -2.70. The normalized spacial score (nSPS) is 12.0. The van der Waals surface area contributed by atoms with Crippen LogP contribution in [0.3, 0.4) is 0 Å². The van der Waals surface area contributed by atoms with Gasteiger partial charge >= 0.3 is 5.97 Å². The molecule has 0 aliphatic carbocycles. The fourth-order valence-electron chi connectivity index (χ4n) is 4.44. The molecule has 3 rings (SSSR count). The monoisotopic (exact) mass is 479 g/mol. The Labute approximate surface area is 204 Å². The fraction of sp³-hybridized carbons (Fsp3) is 0.429. The lowest BCUT2D eigenvalue weighted by atomic mass is 10.1. The molecule has 0 radical (unpaired) electrons. The first-order chi connectivity index (χ1) is 16.4. The van der Waals surface area contributed by atoms with Crippen LogP contribution in [-0.4, -0.2) is 32.5 Å². The summed E-state index contributed by atoms with van der Waals surface area (Å²) in [6.07, 6.45) is 6.19. The number of oxazole rings is 1. The van der Waals surface area contributed by atoms with Gasteiger partial charge in [0.25, 0.3) is 8.32 Å². The van der Waals surface area contributed by atoms with Gasteiger partial charge < -0.3 is 13.6 Å². The zero-order valence-electron chi connectivity index (χ0n) is 20.9. The van der Waals surface area contributed by atoms with Crippen molar-refractivity contribution < 1.29 is 18.4 Å². The number of aromatic nitrogens is 1. The van der Waals surface area contributed by atoms with E-state index in [1.54, 1.807) is 6.92 Å². The minimum Gasteiger partial charge on any atom is -0.461 e. The third kappa shape index (κ3) is 6.24. The molecule has 3 aromatic rings. The third-order valence-electron chi connectivity index (χ3n) is 6.06. The van der Waals surface area contributed by atoms with Crippen LogP contribution in [-0.2, 0) is 15.6 Å². The fourth-order valence-corrected chi connectivity index (χ4v) is 9.05. The summed E-state index contributed by atoms with van der Waals surface area (Å²) in [4.78, 5) is 15.9. The highest BCUT2D eigenvalue weighted by Crippen LogP contribution is 2.36. The Morgan fingerprint density at radius 3 is 2.06 bits per heavy atom. The Morgan fingerprint density at radius 1 is 0.912 bits per heavy atom. The van der Waals surface area contributed by atoms with Gasteiger partial charge in [0.2, 0.25) is 0 Å². The quantitative estimate of drug-likeness (QED) is 0.194. The highest BCUT2D eigenvalue weighted by molar-refractivity contribution is 6.99. The second-order valence-corrected chi connectivity index (χ2v) is 13.8. The van der Waals surface area contributed by atoms with E-state index in [0.717, 1.165) is 38.7 Å². The van der Waals surface area contributed by atoms with E-state index in [1.807, 2.05) is 0 Å². The average molecular weight is 480 g/mol. The van der Waals surface area contributed by atoms with Crippen LogP contribution in [0.4, 0.5) is 0 Å². The van der Waals surface area contributed by atoms with Crippen molar-refractivity contribution in [2.75, 3.05) is 13.2 Å². The van der Waals surface area contributed by atoms with Crippen molar-refractivity contribution in [1.29, 1.82) is 0 Å². The molecule has 0 aliphatic rings. The van der Waals surface area contributed by atoms with Gasteiger partial charge in [0.1, 0.15) is 6.26 Å². The molecule has 34 heavy (non-hydrogen) atoms. The number of carbonyl (C=O) groups excluding carboxylic acids is 1. The van der Waals surface area contributed by atoms with E-state index in [4.69, 9.17) is 13.6 Å². The molecule has 182 valence electrons. The van der Waals surface area contributed by atoms with Crippen LogP contribution in [0.25, 0.3) is 0 Å². The maximum Gasteiger partial charge on any atom is 0.360 e. The summed E-state index contributed by atoms with van der Waals surface area (Å²) < 4.78 is 17.3. The van der Waals surface area contributed by atoms with Crippen molar-refractivity contribution in [2.24, 2.45) is 0 Å². The second kappa shape index (κ2) is 12.1. The molecule has 2 aromatic carbocycles. The van der Waals surface area contributed by atoms with Crippen molar-refractivity contribution in [2.45, 2.75) is 64.8 Å². The summed E-state index contributed by atoms with van der Waals surface area (Å²) in [5.74, 6) is 0.157. The van der Waals surface area contributed by atoms with Gasteiger partial charge in [-0.2, -0.15) is 0 Å². The molecule has 0 spiro atoms. The van der Waals surface area contributed by atoms with E-state index in [1.165, 1.54) is 16.6 Å². The minimum absolute atomic E-state index is 0.00268. The molecule has 0 N–H and O–H groups in total. The van der Waals surface area contributed by atoms with E-state index in [9.17, 15) is 4.79 Å². The molecule has 0 unspecified atom stereocenters. The summed E-state index contributed by atoms with van der Waals surface area (Å²) in [5, 5.41) is 2.63. The number of esters is 1. The van der Waals surface area contributed by atoms with Crippen molar-refractivity contribution in [3.63, 3.8) is 0 Å². The standard InChI is InChI=1S/C28H37NO4Si/c1-5-31-27(30)25-22-32-26(29-25)20-14-6-7-15-21-33-34(28(2,3)4,23-16-10-8-11-17-23)24-18-12-9-13-19-24/h8-13,16-19,22H,5-7,14-15,20-21H2,1-4H3. The molecule has 0 fully saturated rings. The first-order valence-electron chi connectivity index (χ1n) is 12.2. The topological polar surface area (TPSA) is 61.6 Å². The lowest BCUT2D eigenvalue weighted by molar-refractivity contribution is 0.0519. The minimum atomic E-state index is -2.45. The van der Waals surface area contributed by atoms with Crippen molar-refractivity contribution in [3.8, 4) is 0 Å². The summed E-state index contributed by atoms with van der Waals surface area (Å²) in [6, 6.07) is 21.5. The van der Waals surface area contributed by atoms with Crippen molar-refractivity contribution >= 4 is 24.7 Å². The third-order valence-corrected chi connectivity index (χ3v) is 11.1. The summed E-state index contributed by atoms with van der Waals surface area (Å²) in [5.41, 5.74) is 0.246. The second-order valence-electron chi connectivity index (χ2n) is 9.52. The lowest BCUT2D eigenvalue weighted by Crippen LogP contribution is -2.66. The molecule has 0 saturated carbocycles. The van der Waals surface area contributed by atoms with E-state index < -0.39 is 14.3 Å². The van der Waals surface area contributed by atoms with E-state index in [0.29, 0.717) is 12.5 Å². The first kappa shape index (κ1) is 25.9. The van der Waals surface area contributed by atoms with Gasteiger partial charge in [-0.15, -0.1) is 0 Å². The number of benzene rings is 2. The van der Waals surface area contributed by atoms with Gasteiger partial charge in [-0.1, -0.05) is 94.3 Å². The molecule has 0 atom stereocenters. The molecular weight excluding hydrogens is 442 g/mol. The summed E-state index contributed by atoms with van der Waals surface area (Å²) >= 11 is 0. The Kier molecular flexibility index (Phi) is 9.25. The SMILES string of the molecule is CCOC(=O)c1coc(CCCCCCO[Si](c2ccccc2)(c2ccccc2)C(C)(C)C)n1. The van der Waals surface area contributed by atoms with Gasteiger partial charge in [-0.3, -0.25) is 0 Å². The number of hydrogen-bond donors (Lipinski definition) is 0. The molecule has 0 bridgehead atoms. The average Bonchev–Trinajstić information content (AvgIpc) is 3.31. The Morgan fingerprint density at radius 2 is 1.50 bits per heavy atom. The molecule has 0 saturated heterocycles. The molecular formula is C28H37NO4Si. The van der Waals surface area contributed by atoms with Gasteiger partial charge in [-0.25, -0.2) is 9.78 Å². The van der Waals surface area contributed by atoms with E-state index in [2.05, 4.69) is 86.4 Å². The molecule has 0 aliphatic heterocycles. The van der Waals surface area contributed by atoms with E-state index in [-0.39, 0.29) is 10.7 Å². The molecule has 0 amide bonds. The van der Waals surface area contributed by atoms with Crippen molar-refractivity contribution in [1.82, 2.24) is 4.98 Å². The predicted molar refractivity (Wildman–Crippen MR) is 138 cm³/mol. The van der Waals surface area contributed by atoms with Gasteiger partial charge in [0, 0.05) is 13.0 Å². The molecule has 1 aromatic heterocycles. The van der Waals surface area contributed by atoms with Gasteiger partial charge in [-0.05, 0) is 35.2 Å². The molecule has 5 nitrogen and oxygen atoms in total. The number of hydrogen-bond acceptors (Lipinski definition) is 5. The first-order valence-corrected chi connectivity index (χ1v) is 14.2. The number of unbranched alkanes of at least 4 members (excludes halogenated alkanes) is 3. The highest BCUT2D eigenvalue weighted by atomic mass is 28.4. The number of rotatable bonds is 12. The van der Waals surface area contributed by atoms with Crippen LogP contribution in [0.15, 0.2) is 71.3 Å². The van der Waals surface area contributed by atoms with E-state index >= 15 is 0 Å². The van der Waals surface area contributed by atoms with Crippen LogP contribution < -0.4 is 10.4 Å². The van der Waals surface area contributed by atoms with Crippen LogP contribution in [0.1, 0.15) is 69.8 Å². The van der Waals surface area contributed by atoms with Crippen LogP contribution in [0.5, 0.6) is 0 Å². The molecule has 6 heteroatoms. The summed E-state index contributed by atoms with van der Waals surface area (Å²) in [7, 11) is -2.45. The zero-order chi connectivity index (χ0) is 24.4. The van der Waals surface area contributed by atoms with Crippen LogP contribution in [0.2, 0.25) is 5.04 Å². The number of ether oxygens (including phenoxy) is 1. The lowest BCUT2D eigenvalue weighted by Gasteiger charge is -2.43. The zero-order valence-corrected chi connectivity index (χ0v) is 21.9. The smallest absolute Gasteiger partial charge is 0.360 e. The largest absolute Gasteiger partial charge is 0.461 e. The van der Waals surface area contributed by atoms with Gasteiger partial charge in [0.05, 0.1) is 6.61 Å². The number of carbonyl (C=O) groups is 1. The highest BCUT2D eigenvalue weighted by Gasteiger charge is 2.49.